The highest BCUT2D eigenvalue weighted by atomic mass is 16.5. The van der Waals surface area contributed by atoms with Crippen LogP contribution < -0.4 is 5.32 Å². The van der Waals surface area contributed by atoms with Crippen molar-refractivity contribution < 1.29 is 4.74 Å². The highest BCUT2D eigenvalue weighted by molar-refractivity contribution is 4.93. The maximum absolute atomic E-state index is 5.50. The zero-order valence-corrected chi connectivity index (χ0v) is 14.5. The number of piperazine rings is 1. The summed E-state index contributed by atoms with van der Waals surface area (Å²) < 4.78 is 5.50. The monoisotopic (exact) mass is 284 g/mol. The molecule has 0 aromatic rings. The van der Waals surface area contributed by atoms with E-state index in [2.05, 4.69) is 51.8 Å². The van der Waals surface area contributed by atoms with Gasteiger partial charge in [-0.1, -0.05) is 41.0 Å². The van der Waals surface area contributed by atoms with Crippen LogP contribution in [0.5, 0.6) is 0 Å². The van der Waals surface area contributed by atoms with Crippen LogP contribution >= 0.6 is 0 Å². The van der Waals surface area contributed by atoms with Crippen LogP contribution in [0.3, 0.4) is 0 Å². The van der Waals surface area contributed by atoms with E-state index in [9.17, 15) is 0 Å². The Kier molecular flexibility index (Phi) is 7.49. The first kappa shape index (κ1) is 17.9. The zero-order valence-electron chi connectivity index (χ0n) is 14.5. The second kappa shape index (κ2) is 8.35. The first-order valence-corrected chi connectivity index (χ1v) is 8.45. The van der Waals surface area contributed by atoms with Gasteiger partial charge in [-0.2, -0.15) is 0 Å². The summed E-state index contributed by atoms with van der Waals surface area (Å²) in [6, 6.07) is 1.27. The van der Waals surface area contributed by atoms with Crippen LogP contribution in [0.25, 0.3) is 0 Å². The minimum Gasteiger partial charge on any atom is -0.382 e. The van der Waals surface area contributed by atoms with Crippen LogP contribution in [0.4, 0.5) is 0 Å². The molecule has 1 saturated heterocycles. The van der Waals surface area contributed by atoms with Crippen molar-refractivity contribution >= 4 is 0 Å². The topological polar surface area (TPSA) is 24.5 Å². The molecule has 3 nitrogen and oxygen atoms in total. The van der Waals surface area contributed by atoms with Crippen LogP contribution in [0, 0.1) is 11.3 Å². The largest absolute Gasteiger partial charge is 0.382 e. The Hall–Kier alpha value is -0.120. The van der Waals surface area contributed by atoms with Gasteiger partial charge in [0.25, 0.3) is 0 Å². The average molecular weight is 284 g/mol. The predicted molar refractivity (Wildman–Crippen MR) is 87.2 cm³/mol. The lowest BCUT2D eigenvalue weighted by Crippen LogP contribution is -2.62. The molecule has 0 amide bonds. The van der Waals surface area contributed by atoms with Gasteiger partial charge in [0.15, 0.2) is 0 Å². The Morgan fingerprint density at radius 1 is 1.30 bits per heavy atom. The molecule has 1 aliphatic heterocycles. The van der Waals surface area contributed by atoms with E-state index in [4.69, 9.17) is 4.74 Å². The third-order valence-electron chi connectivity index (χ3n) is 4.74. The summed E-state index contributed by atoms with van der Waals surface area (Å²) in [7, 11) is 0. The molecule has 1 rings (SSSR count). The van der Waals surface area contributed by atoms with Gasteiger partial charge < -0.3 is 10.1 Å². The molecule has 120 valence electrons. The van der Waals surface area contributed by atoms with Gasteiger partial charge in [-0.3, -0.25) is 4.90 Å². The first-order chi connectivity index (χ1) is 9.40. The van der Waals surface area contributed by atoms with Crippen molar-refractivity contribution in [3.8, 4) is 0 Å². The number of nitrogens with zero attached hydrogens (tertiary/aromatic N) is 1. The molecular formula is C17H36N2O. The summed E-state index contributed by atoms with van der Waals surface area (Å²) in [5.41, 5.74) is 0.332. The molecule has 3 heteroatoms. The molecule has 1 aliphatic rings. The van der Waals surface area contributed by atoms with Crippen molar-refractivity contribution in [2.45, 2.75) is 66.5 Å². The van der Waals surface area contributed by atoms with Gasteiger partial charge in [-0.15, -0.1) is 0 Å². The summed E-state index contributed by atoms with van der Waals surface area (Å²) >= 11 is 0. The van der Waals surface area contributed by atoms with Crippen molar-refractivity contribution in [2.24, 2.45) is 11.3 Å². The van der Waals surface area contributed by atoms with E-state index in [1.54, 1.807) is 0 Å². The minimum absolute atomic E-state index is 0.332. The molecule has 3 atom stereocenters. The lowest BCUT2D eigenvalue weighted by molar-refractivity contribution is 0.0478. The van der Waals surface area contributed by atoms with E-state index in [1.807, 2.05) is 0 Å². The highest BCUT2D eigenvalue weighted by Crippen LogP contribution is 2.26. The summed E-state index contributed by atoms with van der Waals surface area (Å²) in [5.74, 6) is 0.760. The molecular weight excluding hydrogens is 248 g/mol. The third kappa shape index (κ3) is 5.34. The number of ether oxygens (including phenoxy) is 1. The molecule has 0 aromatic carbocycles. The second-order valence-electron chi connectivity index (χ2n) is 7.33. The molecule has 20 heavy (non-hydrogen) atoms. The smallest absolute Gasteiger partial charge is 0.0478 e. The van der Waals surface area contributed by atoms with Gasteiger partial charge in [0, 0.05) is 44.9 Å². The molecule has 1 heterocycles. The fourth-order valence-electron chi connectivity index (χ4n) is 3.01. The minimum atomic E-state index is 0.332. The Balaban J connectivity index is 2.58. The fraction of sp³-hybridized carbons (Fsp3) is 1.00. The quantitative estimate of drug-likeness (QED) is 0.727. The van der Waals surface area contributed by atoms with Crippen molar-refractivity contribution in [3.63, 3.8) is 0 Å². The summed E-state index contributed by atoms with van der Waals surface area (Å²) in [6.45, 7) is 19.0. The second-order valence-corrected chi connectivity index (χ2v) is 7.33. The van der Waals surface area contributed by atoms with Crippen molar-refractivity contribution in [2.75, 3.05) is 32.8 Å². The molecule has 0 aromatic heterocycles. The van der Waals surface area contributed by atoms with E-state index in [0.29, 0.717) is 17.5 Å². The Morgan fingerprint density at radius 2 is 2.00 bits per heavy atom. The number of rotatable bonds is 7. The van der Waals surface area contributed by atoms with Gasteiger partial charge in [-0.25, -0.2) is 0 Å². The van der Waals surface area contributed by atoms with Crippen LogP contribution in [0.1, 0.15) is 54.4 Å². The van der Waals surface area contributed by atoms with Gasteiger partial charge in [0.05, 0.1) is 0 Å². The van der Waals surface area contributed by atoms with Crippen LogP contribution in [0.15, 0.2) is 0 Å². The van der Waals surface area contributed by atoms with Crippen LogP contribution in [-0.4, -0.2) is 49.8 Å². The van der Waals surface area contributed by atoms with E-state index in [-0.39, 0.29) is 0 Å². The Morgan fingerprint density at radius 3 is 2.55 bits per heavy atom. The SMILES string of the molecule is CCOCCCN1CC(C(C)(C)C)NCC1C(C)CC. The normalized spacial score (nSPS) is 26.7. The molecule has 0 bridgehead atoms. The Labute approximate surface area is 126 Å². The van der Waals surface area contributed by atoms with E-state index >= 15 is 0 Å². The molecule has 1 N–H and O–H groups in total. The van der Waals surface area contributed by atoms with Gasteiger partial charge in [0.2, 0.25) is 0 Å². The summed E-state index contributed by atoms with van der Waals surface area (Å²) in [6.07, 6.45) is 2.41. The summed E-state index contributed by atoms with van der Waals surface area (Å²) in [4.78, 5) is 2.71. The Bertz CT molecular complexity index is 262. The van der Waals surface area contributed by atoms with Gasteiger partial charge in [0.1, 0.15) is 0 Å². The number of hydrogen-bond acceptors (Lipinski definition) is 3. The lowest BCUT2D eigenvalue weighted by atomic mass is 9.83. The van der Waals surface area contributed by atoms with E-state index in [0.717, 1.165) is 32.1 Å². The molecule has 3 unspecified atom stereocenters. The van der Waals surface area contributed by atoms with Crippen molar-refractivity contribution in [3.05, 3.63) is 0 Å². The van der Waals surface area contributed by atoms with Crippen LogP contribution in [-0.2, 0) is 4.74 Å². The third-order valence-corrected chi connectivity index (χ3v) is 4.74. The molecule has 0 spiro atoms. The molecule has 1 fully saturated rings. The van der Waals surface area contributed by atoms with E-state index in [1.165, 1.54) is 19.5 Å². The number of hydrogen-bond donors (Lipinski definition) is 1. The lowest BCUT2D eigenvalue weighted by Gasteiger charge is -2.47. The maximum Gasteiger partial charge on any atom is 0.0478 e. The fourth-order valence-corrected chi connectivity index (χ4v) is 3.01. The molecule has 0 radical (unpaired) electrons. The summed E-state index contributed by atoms with van der Waals surface area (Å²) in [5, 5.41) is 3.78. The average Bonchev–Trinajstić information content (AvgIpc) is 2.41. The standard InChI is InChI=1S/C17H36N2O/c1-7-14(3)15-12-18-16(17(4,5)6)13-19(15)10-9-11-20-8-2/h14-16,18H,7-13H2,1-6H3. The van der Waals surface area contributed by atoms with Gasteiger partial charge in [-0.05, 0) is 24.7 Å². The zero-order chi connectivity index (χ0) is 15.2. The predicted octanol–water partition coefficient (Wildman–Crippen LogP) is 3.15. The first-order valence-electron chi connectivity index (χ1n) is 8.45. The molecule has 0 saturated carbocycles. The number of nitrogens with one attached hydrogen (secondary N) is 1. The maximum atomic E-state index is 5.50. The molecule has 0 aliphatic carbocycles. The van der Waals surface area contributed by atoms with E-state index < -0.39 is 0 Å². The van der Waals surface area contributed by atoms with Crippen molar-refractivity contribution in [1.82, 2.24) is 10.2 Å². The van der Waals surface area contributed by atoms with Gasteiger partial charge >= 0.3 is 0 Å². The van der Waals surface area contributed by atoms with Crippen molar-refractivity contribution in [1.29, 1.82) is 0 Å². The van der Waals surface area contributed by atoms with Crippen LogP contribution in [0.2, 0.25) is 0 Å². The highest BCUT2D eigenvalue weighted by Gasteiger charge is 2.35.